The van der Waals surface area contributed by atoms with E-state index in [1.165, 1.54) is 0 Å². The Morgan fingerprint density at radius 2 is 2.07 bits per heavy atom. The number of piperidine rings is 1. The summed E-state index contributed by atoms with van der Waals surface area (Å²) in [5.74, 6) is 2.16. The van der Waals surface area contributed by atoms with E-state index in [1.54, 1.807) is 7.11 Å². The molecule has 2 aliphatic rings. The number of nitrogens with one attached hydrogen (secondary N) is 1. The van der Waals surface area contributed by atoms with Crippen molar-refractivity contribution in [3.05, 3.63) is 50.9 Å². The number of anilines is 1. The second kappa shape index (κ2) is 8.55. The number of rotatable bonds is 5. The maximum absolute atomic E-state index is 12.6. The third kappa shape index (κ3) is 4.31. The van der Waals surface area contributed by atoms with Crippen molar-refractivity contribution in [2.75, 3.05) is 31.6 Å². The highest BCUT2D eigenvalue weighted by molar-refractivity contribution is 5.37. The fourth-order valence-electron chi connectivity index (χ4n) is 4.30. The van der Waals surface area contributed by atoms with Gasteiger partial charge in [0.25, 0.3) is 5.56 Å². The van der Waals surface area contributed by atoms with E-state index in [4.69, 9.17) is 9.72 Å². The van der Waals surface area contributed by atoms with Crippen LogP contribution < -0.4 is 15.2 Å². The zero-order chi connectivity index (χ0) is 20.4. The molecule has 2 N–H and O–H groups in total. The van der Waals surface area contributed by atoms with Crippen molar-refractivity contribution in [1.82, 2.24) is 14.9 Å². The Morgan fingerprint density at radius 1 is 1.28 bits per heavy atom. The number of benzene rings is 1. The quantitative estimate of drug-likeness (QED) is 0.802. The summed E-state index contributed by atoms with van der Waals surface area (Å²) in [4.78, 5) is 25.0. The van der Waals surface area contributed by atoms with Crippen LogP contribution in [0.4, 0.5) is 5.95 Å². The lowest BCUT2D eigenvalue weighted by Gasteiger charge is -2.32. The van der Waals surface area contributed by atoms with Crippen LogP contribution in [0.25, 0.3) is 0 Å². The smallest absolute Gasteiger partial charge is 0.255 e. The van der Waals surface area contributed by atoms with Crippen LogP contribution in [0.15, 0.2) is 23.0 Å². The third-order valence-electron chi connectivity index (χ3n) is 6.14. The lowest BCUT2D eigenvalue weighted by Crippen LogP contribution is -2.39. The summed E-state index contributed by atoms with van der Waals surface area (Å²) in [7, 11) is 1.61. The molecule has 0 aliphatic carbocycles. The Labute approximate surface area is 171 Å². The first kappa shape index (κ1) is 19.9. The first-order chi connectivity index (χ1) is 14.1. The number of aliphatic hydroxyl groups excluding tert-OH is 1. The molecule has 0 spiro atoms. The average Bonchev–Trinajstić information content (AvgIpc) is 2.74. The van der Waals surface area contributed by atoms with Gasteiger partial charge in [-0.1, -0.05) is 13.0 Å². The Balaban J connectivity index is 1.51. The predicted molar refractivity (Wildman–Crippen MR) is 112 cm³/mol. The molecule has 3 heterocycles. The molecule has 1 fully saturated rings. The van der Waals surface area contributed by atoms with Crippen molar-refractivity contribution in [1.29, 1.82) is 0 Å². The molecule has 1 aromatic carbocycles. The molecule has 2 aliphatic heterocycles. The maximum atomic E-state index is 12.6. The minimum atomic E-state index is -0.0470. The summed E-state index contributed by atoms with van der Waals surface area (Å²) < 4.78 is 5.29. The number of fused-ring (bicyclic) bond motifs is 1. The summed E-state index contributed by atoms with van der Waals surface area (Å²) in [5, 5.41) is 9.56. The molecule has 29 heavy (non-hydrogen) atoms. The number of hydrogen-bond donors (Lipinski definition) is 2. The fraction of sp³-hybridized carbons (Fsp3) is 0.545. The van der Waals surface area contributed by atoms with Gasteiger partial charge >= 0.3 is 0 Å². The molecule has 1 saturated heterocycles. The van der Waals surface area contributed by atoms with E-state index in [2.05, 4.69) is 21.7 Å². The van der Waals surface area contributed by atoms with Gasteiger partial charge in [0.1, 0.15) is 5.75 Å². The summed E-state index contributed by atoms with van der Waals surface area (Å²) in [6.45, 7) is 6.36. The second-order valence-electron chi connectivity index (χ2n) is 8.25. The average molecular weight is 399 g/mol. The van der Waals surface area contributed by atoms with Crippen LogP contribution in [0, 0.1) is 5.92 Å². The summed E-state index contributed by atoms with van der Waals surface area (Å²) in [6, 6.07) is 5.91. The van der Waals surface area contributed by atoms with Crippen molar-refractivity contribution in [3.63, 3.8) is 0 Å². The van der Waals surface area contributed by atoms with Gasteiger partial charge in [-0.3, -0.25) is 14.7 Å². The van der Waals surface area contributed by atoms with E-state index in [0.717, 1.165) is 73.3 Å². The van der Waals surface area contributed by atoms with Gasteiger partial charge in [-0.15, -0.1) is 0 Å². The highest BCUT2D eigenvalue weighted by Crippen LogP contribution is 2.24. The lowest BCUT2D eigenvalue weighted by atomic mass is 9.99. The van der Waals surface area contributed by atoms with E-state index < -0.39 is 0 Å². The highest BCUT2D eigenvalue weighted by atomic mass is 16.5. The van der Waals surface area contributed by atoms with Gasteiger partial charge in [-0.2, -0.15) is 0 Å². The van der Waals surface area contributed by atoms with E-state index in [0.29, 0.717) is 18.7 Å². The SMILES string of the molecule is COc1ccc(CN2CCc3c(nc(N4CCC(C)CC4)[nH]c3=O)C2)cc1CO. The molecule has 2 aromatic rings. The highest BCUT2D eigenvalue weighted by Gasteiger charge is 2.24. The molecule has 0 atom stereocenters. The van der Waals surface area contributed by atoms with Gasteiger partial charge in [-0.05, 0) is 42.9 Å². The lowest BCUT2D eigenvalue weighted by molar-refractivity contribution is 0.239. The summed E-state index contributed by atoms with van der Waals surface area (Å²) in [6.07, 6.45) is 2.98. The van der Waals surface area contributed by atoms with Crippen LogP contribution in [0.3, 0.4) is 0 Å². The van der Waals surface area contributed by atoms with E-state index in [9.17, 15) is 9.90 Å². The van der Waals surface area contributed by atoms with E-state index in [1.807, 2.05) is 18.2 Å². The van der Waals surface area contributed by atoms with Crippen molar-refractivity contribution in [3.8, 4) is 5.75 Å². The van der Waals surface area contributed by atoms with Crippen LogP contribution in [0.1, 0.15) is 42.1 Å². The molecule has 7 nitrogen and oxygen atoms in total. The standard InChI is InChI=1S/C22H30N4O3/c1-15-5-9-26(10-6-15)22-23-19-13-25(8-7-18(19)21(28)24-22)12-16-3-4-20(29-2)17(11-16)14-27/h3-4,11,15,27H,5-10,12-14H2,1-2H3,(H,23,24,28). The molecule has 7 heteroatoms. The first-order valence-corrected chi connectivity index (χ1v) is 10.4. The van der Waals surface area contributed by atoms with E-state index >= 15 is 0 Å². The zero-order valence-electron chi connectivity index (χ0n) is 17.3. The molecule has 0 unspecified atom stereocenters. The van der Waals surface area contributed by atoms with Gasteiger partial charge in [0.15, 0.2) is 0 Å². The van der Waals surface area contributed by atoms with Crippen LogP contribution in [-0.2, 0) is 26.1 Å². The van der Waals surface area contributed by atoms with Gasteiger partial charge < -0.3 is 14.7 Å². The largest absolute Gasteiger partial charge is 0.496 e. The maximum Gasteiger partial charge on any atom is 0.255 e. The fourth-order valence-corrected chi connectivity index (χ4v) is 4.30. The normalized spacial score (nSPS) is 18.0. The molecule has 0 bridgehead atoms. The molecule has 1 aromatic heterocycles. The van der Waals surface area contributed by atoms with Crippen LogP contribution >= 0.6 is 0 Å². The van der Waals surface area contributed by atoms with Crippen molar-refractivity contribution in [2.45, 2.75) is 45.9 Å². The van der Waals surface area contributed by atoms with E-state index in [-0.39, 0.29) is 12.2 Å². The predicted octanol–water partition coefficient (Wildman–Crippen LogP) is 2.07. The van der Waals surface area contributed by atoms with Gasteiger partial charge in [0.2, 0.25) is 5.95 Å². The van der Waals surface area contributed by atoms with Crippen LogP contribution in [0.2, 0.25) is 0 Å². The monoisotopic (exact) mass is 398 g/mol. The topological polar surface area (TPSA) is 81.7 Å². The third-order valence-corrected chi connectivity index (χ3v) is 6.14. The second-order valence-corrected chi connectivity index (χ2v) is 8.25. The number of H-pyrrole nitrogens is 1. The molecular weight excluding hydrogens is 368 g/mol. The first-order valence-electron chi connectivity index (χ1n) is 10.4. The molecule has 156 valence electrons. The van der Waals surface area contributed by atoms with Gasteiger partial charge in [0.05, 0.1) is 19.4 Å². The number of ether oxygens (including phenoxy) is 1. The minimum absolute atomic E-state index is 0.00952. The molecule has 4 rings (SSSR count). The summed E-state index contributed by atoms with van der Waals surface area (Å²) in [5.41, 5.74) is 3.63. The van der Waals surface area contributed by atoms with Gasteiger partial charge in [-0.25, -0.2) is 4.98 Å². The van der Waals surface area contributed by atoms with Crippen molar-refractivity contribution >= 4 is 5.95 Å². The Bertz CT molecular complexity index is 919. The van der Waals surface area contributed by atoms with Crippen molar-refractivity contribution in [2.24, 2.45) is 5.92 Å². The number of aliphatic hydroxyl groups is 1. The van der Waals surface area contributed by atoms with Crippen LogP contribution in [-0.4, -0.2) is 46.7 Å². The Kier molecular flexibility index (Phi) is 5.87. The van der Waals surface area contributed by atoms with Crippen molar-refractivity contribution < 1.29 is 9.84 Å². The van der Waals surface area contributed by atoms with Gasteiger partial charge in [0, 0.05) is 43.9 Å². The number of aromatic nitrogens is 2. The molecule has 0 amide bonds. The minimum Gasteiger partial charge on any atom is -0.496 e. The van der Waals surface area contributed by atoms with Crippen LogP contribution in [0.5, 0.6) is 5.75 Å². The number of methoxy groups -OCH3 is 1. The molecule has 0 saturated carbocycles. The number of nitrogens with zero attached hydrogens (tertiary/aromatic N) is 3. The molecule has 0 radical (unpaired) electrons. The zero-order valence-corrected chi connectivity index (χ0v) is 17.3. The number of aromatic amines is 1. The number of hydrogen-bond acceptors (Lipinski definition) is 6. The molecular formula is C22H30N4O3. The summed E-state index contributed by atoms with van der Waals surface area (Å²) >= 11 is 0. The Hall–Kier alpha value is -2.38. The Morgan fingerprint density at radius 3 is 2.79 bits per heavy atom.